The molecule has 5 N–H and O–H groups in total. The molecule has 2 heterocycles. The molecule has 0 saturated heterocycles. The number of nitrogens with one attached hydrogen (secondary N) is 3. The van der Waals surface area contributed by atoms with Crippen LogP contribution < -0.4 is 16.2 Å². The van der Waals surface area contributed by atoms with E-state index in [2.05, 4.69) is 67.7 Å². The zero-order chi connectivity index (χ0) is 37.8. The van der Waals surface area contributed by atoms with E-state index < -0.39 is 14.4 Å². The quantitative estimate of drug-likeness (QED) is 0.0551. The molecule has 4 aromatic carbocycles. The summed E-state index contributed by atoms with van der Waals surface area (Å²) in [5, 5.41) is 36.3. The molecule has 0 aliphatic carbocycles. The van der Waals surface area contributed by atoms with Gasteiger partial charge in [-0.2, -0.15) is 15.0 Å². The monoisotopic (exact) mass is 732 g/mol. The number of amides is 1. The number of H-pyrrole nitrogens is 1. The molecule has 0 spiro atoms. The highest BCUT2D eigenvalue weighted by molar-refractivity contribution is 6.74. The van der Waals surface area contributed by atoms with Crippen molar-refractivity contribution in [2.24, 2.45) is 0 Å². The Labute approximate surface area is 310 Å². The number of aromatic hydroxyl groups is 1. The summed E-state index contributed by atoms with van der Waals surface area (Å²) in [5.74, 6) is 0.0276. The summed E-state index contributed by atoms with van der Waals surface area (Å²) >= 11 is 0. The fourth-order valence-corrected chi connectivity index (χ4v) is 7.54. The average Bonchev–Trinajstić information content (AvgIpc) is 3.52. The van der Waals surface area contributed by atoms with Crippen molar-refractivity contribution in [1.82, 2.24) is 25.3 Å². The molecular formula is C41H48N6O5Si. The Morgan fingerprint density at radius 2 is 1.68 bits per heavy atom. The average molecular weight is 733 g/mol. The second kappa shape index (κ2) is 15.7. The minimum atomic E-state index is -2.20. The first-order valence-electron chi connectivity index (χ1n) is 18.0. The third kappa shape index (κ3) is 9.02. The summed E-state index contributed by atoms with van der Waals surface area (Å²) in [6.07, 6.45) is 1.17. The van der Waals surface area contributed by atoms with Crippen molar-refractivity contribution in [2.45, 2.75) is 77.4 Å². The molecular weight excluding hydrogens is 685 g/mol. The van der Waals surface area contributed by atoms with Gasteiger partial charge in [-0.05, 0) is 90.0 Å². The first-order valence-corrected chi connectivity index (χ1v) is 20.9. The van der Waals surface area contributed by atoms with Gasteiger partial charge in [0.1, 0.15) is 16.8 Å². The number of phenols is 1. The Bertz CT molecular complexity index is 2280. The van der Waals surface area contributed by atoms with Crippen LogP contribution in [0.15, 0.2) is 95.8 Å². The molecule has 12 heteroatoms. The molecule has 1 amide bonds. The lowest BCUT2D eigenvalue weighted by atomic mass is 9.99. The number of fused-ring (bicyclic) bond motifs is 2. The number of aromatic nitrogens is 4. The standard InChI is InChI=1S/C41H48N6O5Si/c1-41(2,3)53(4,5)52-37(31-17-20-36(48)39-32(31)18-21-38(49)44-39)26-42-25-28-15-19-33-35(24-28)46-47(45-33)22-10-9-11-27-14-16-30(29-12-7-6-8-13-29)34(23-27)43-40(50)51/h6-8,12-21,23-24,37,42-43,48H,9-11,22,25-26H2,1-5H3,(H,44,49)(H,50,51)/t37-/m1/s1. The van der Waals surface area contributed by atoms with E-state index in [1.54, 1.807) is 16.9 Å². The number of hydrogen-bond acceptors (Lipinski definition) is 7. The Hall–Kier alpha value is -5.30. The van der Waals surface area contributed by atoms with Gasteiger partial charge in [0.15, 0.2) is 8.32 Å². The summed E-state index contributed by atoms with van der Waals surface area (Å²) in [6.45, 7) is 12.9. The molecule has 1 atom stereocenters. The topological polar surface area (TPSA) is 154 Å². The van der Waals surface area contributed by atoms with E-state index in [9.17, 15) is 19.8 Å². The van der Waals surface area contributed by atoms with Gasteiger partial charge in [-0.1, -0.05) is 75.4 Å². The van der Waals surface area contributed by atoms with Gasteiger partial charge in [-0.25, -0.2) is 4.79 Å². The fraction of sp³-hybridized carbons (Fsp3) is 0.317. The molecule has 0 radical (unpaired) electrons. The third-order valence-electron chi connectivity index (χ3n) is 10.1. The first-order chi connectivity index (χ1) is 25.3. The van der Waals surface area contributed by atoms with E-state index in [0.717, 1.165) is 63.5 Å². The number of aromatic amines is 1. The lowest BCUT2D eigenvalue weighted by molar-refractivity contribution is 0.181. The minimum Gasteiger partial charge on any atom is -0.506 e. The molecule has 0 saturated carbocycles. The van der Waals surface area contributed by atoms with Crippen LogP contribution in [0.5, 0.6) is 5.75 Å². The number of pyridine rings is 1. The molecule has 11 nitrogen and oxygen atoms in total. The number of phenolic OH excluding ortho intramolecular Hbond substituents is 1. The number of benzene rings is 4. The van der Waals surface area contributed by atoms with Gasteiger partial charge >= 0.3 is 6.09 Å². The molecule has 0 aliphatic rings. The number of unbranched alkanes of at least 4 members (excludes halogenated alkanes) is 1. The van der Waals surface area contributed by atoms with Crippen molar-refractivity contribution in [3.05, 3.63) is 118 Å². The molecule has 6 rings (SSSR count). The van der Waals surface area contributed by atoms with Crippen LogP contribution in [-0.2, 0) is 23.9 Å². The predicted octanol–water partition coefficient (Wildman–Crippen LogP) is 8.61. The van der Waals surface area contributed by atoms with Crippen LogP contribution in [0.2, 0.25) is 18.1 Å². The van der Waals surface area contributed by atoms with Crippen LogP contribution in [0.3, 0.4) is 0 Å². The van der Waals surface area contributed by atoms with Crippen molar-refractivity contribution in [2.75, 3.05) is 11.9 Å². The number of hydrogen-bond donors (Lipinski definition) is 5. The van der Waals surface area contributed by atoms with Gasteiger partial charge in [0.2, 0.25) is 5.56 Å². The lowest BCUT2D eigenvalue weighted by Crippen LogP contribution is -2.43. The fourth-order valence-electron chi connectivity index (χ4n) is 6.27. The van der Waals surface area contributed by atoms with Crippen molar-refractivity contribution in [3.63, 3.8) is 0 Å². The zero-order valence-electron chi connectivity index (χ0n) is 30.9. The maximum Gasteiger partial charge on any atom is 0.409 e. The minimum absolute atomic E-state index is 0.0136. The van der Waals surface area contributed by atoms with Crippen LogP contribution in [0.25, 0.3) is 33.1 Å². The smallest absolute Gasteiger partial charge is 0.409 e. The molecule has 6 aromatic rings. The van der Waals surface area contributed by atoms with Crippen molar-refractivity contribution < 1.29 is 19.4 Å². The van der Waals surface area contributed by atoms with Gasteiger partial charge in [-0.15, -0.1) is 0 Å². The highest BCUT2D eigenvalue weighted by Crippen LogP contribution is 2.41. The number of aryl methyl sites for hydroxylation is 2. The SMILES string of the molecule is CC(C)(C)[Si](C)(C)O[C@H](CNCc1ccc2nn(CCCCc3ccc(-c4ccccc4)c(NC(=O)O)c3)nc2c1)c1ccc(O)c2[nH]c(=O)ccc12. The summed E-state index contributed by atoms with van der Waals surface area (Å²) in [6, 6.07) is 28.5. The van der Waals surface area contributed by atoms with Gasteiger partial charge < -0.3 is 24.9 Å². The van der Waals surface area contributed by atoms with Gasteiger partial charge in [0.25, 0.3) is 0 Å². The Morgan fingerprint density at radius 1 is 0.925 bits per heavy atom. The van der Waals surface area contributed by atoms with Gasteiger partial charge in [0, 0.05) is 30.1 Å². The number of carbonyl (C=O) groups is 1. The van der Waals surface area contributed by atoms with E-state index in [1.165, 1.54) is 6.07 Å². The molecule has 0 aliphatic heterocycles. The van der Waals surface area contributed by atoms with E-state index in [0.29, 0.717) is 30.8 Å². The summed E-state index contributed by atoms with van der Waals surface area (Å²) in [5.41, 5.74) is 7.23. The lowest BCUT2D eigenvalue weighted by Gasteiger charge is -2.39. The molecule has 53 heavy (non-hydrogen) atoms. The summed E-state index contributed by atoms with van der Waals surface area (Å²) < 4.78 is 6.95. The number of carboxylic acid groups (broad SMARTS) is 1. The highest BCUT2D eigenvalue weighted by Gasteiger charge is 2.39. The number of anilines is 1. The number of nitrogens with zero attached hydrogens (tertiary/aromatic N) is 3. The molecule has 0 unspecified atom stereocenters. The third-order valence-corrected chi connectivity index (χ3v) is 14.6. The normalized spacial score (nSPS) is 12.7. The van der Waals surface area contributed by atoms with Crippen molar-refractivity contribution in [3.8, 4) is 16.9 Å². The highest BCUT2D eigenvalue weighted by atomic mass is 28.4. The van der Waals surface area contributed by atoms with Crippen molar-refractivity contribution >= 4 is 42.0 Å². The van der Waals surface area contributed by atoms with Gasteiger partial charge in [-0.3, -0.25) is 10.1 Å². The van der Waals surface area contributed by atoms with Crippen molar-refractivity contribution in [1.29, 1.82) is 0 Å². The maximum absolute atomic E-state index is 12.1. The van der Waals surface area contributed by atoms with Gasteiger partial charge in [0.05, 0.1) is 23.9 Å². The Kier molecular flexibility index (Phi) is 11.1. The number of rotatable bonds is 14. The van der Waals surface area contributed by atoms with E-state index in [1.807, 2.05) is 54.6 Å². The van der Waals surface area contributed by atoms with Crippen LogP contribution in [0, 0.1) is 0 Å². The molecule has 0 fully saturated rings. The maximum atomic E-state index is 12.1. The van der Waals surface area contributed by atoms with Crippen LogP contribution >= 0.6 is 0 Å². The van der Waals surface area contributed by atoms with Crippen LogP contribution in [-0.4, -0.2) is 51.1 Å². The first kappa shape index (κ1) is 37.5. The van der Waals surface area contributed by atoms with Crippen LogP contribution in [0.1, 0.15) is 56.4 Å². The van der Waals surface area contributed by atoms with E-state index in [4.69, 9.17) is 14.6 Å². The Morgan fingerprint density at radius 3 is 2.43 bits per heavy atom. The second-order valence-electron chi connectivity index (χ2n) is 15.0. The van der Waals surface area contributed by atoms with Crippen LogP contribution in [0.4, 0.5) is 10.5 Å². The molecule has 2 aromatic heterocycles. The molecule has 0 bridgehead atoms. The van der Waals surface area contributed by atoms with E-state index >= 15 is 0 Å². The van der Waals surface area contributed by atoms with E-state index in [-0.39, 0.29) is 22.5 Å². The Balaban J connectivity index is 1.09. The zero-order valence-corrected chi connectivity index (χ0v) is 31.9. The summed E-state index contributed by atoms with van der Waals surface area (Å²) in [7, 11) is -2.20. The molecule has 276 valence electrons. The second-order valence-corrected chi connectivity index (χ2v) is 19.8. The largest absolute Gasteiger partial charge is 0.506 e. The predicted molar refractivity (Wildman–Crippen MR) is 213 cm³/mol. The summed E-state index contributed by atoms with van der Waals surface area (Å²) in [4.78, 5) is 28.1.